The lowest BCUT2D eigenvalue weighted by atomic mass is 10.1. The van der Waals surface area contributed by atoms with Crippen LogP contribution in [0.2, 0.25) is 0 Å². The van der Waals surface area contributed by atoms with Crippen molar-refractivity contribution in [3.8, 4) is 0 Å². The predicted molar refractivity (Wildman–Crippen MR) is 95.3 cm³/mol. The molecular weight excluding hydrogens is 326 g/mol. The Labute approximate surface area is 148 Å². The Morgan fingerprint density at radius 3 is 2.54 bits per heavy atom. The molecule has 0 radical (unpaired) electrons. The third-order valence-corrected chi connectivity index (χ3v) is 4.32. The Bertz CT molecular complexity index is 684. The second kappa shape index (κ2) is 8.29. The largest absolute Gasteiger partial charge is 0.423 e. The lowest BCUT2D eigenvalue weighted by molar-refractivity contribution is -0.118. The van der Waals surface area contributed by atoms with Crippen LogP contribution >= 0.6 is 11.6 Å². The third-order valence-electron chi connectivity index (χ3n) is 3.83. The van der Waals surface area contributed by atoms with Crippen molar-refractivity contribution in [3.63, 3.8) is 0 Å². The van der Waals surface area contributed by atoms with Crippen LogP contribution in [0.15, 0.2) is 28.7 Å². The molecule has 0 bridgehead atoms. The molecule has 5 nitrogen and oxygen atoms in total. The zero-order chi connectivity index (χ0) is 17.7. The van der Waals surface area contributed by atoms with E-state index in [4.69, 9.17) is 16.0 Å². The number of alkyl halides is 1. The zero-order valence-electron chi connectivity index (χ0n) is 14.6. The monoisotopic (exact) mass is 349 g/mol. The molecule has 0 N–H and O–H groups in total. The summed E-state index contributed by atoms with van der Waals surface area (Å²) in [5.41, 5.74) is 1.92. The maximum Gasteiger partial charge on any atom is 0.245 e. The third kappa shape index (κ3) is 4.15. The van der Waals surface area contributed by atoms with E-state index in [0.29, 0.717) is 18.2 Å². The summed E-state index contributed by atoms with van der Waals surface area (Å²) in [6.45, 7) is 8.14. The molecule has 0 saturated carbocycles. The summed E-state index contributed by atoms with van der Waals surface area (Å²) < 4.78 is 5.67. The van der Waals surface area contributed by atoms with Crippen molar-refractivity contribution in [1.29, 1.82) is 0 Å². The van der Waals surface area contributed by atoms with Gasteiger partial charge in [0.1, 0.15) is 11.9 Å². The first-order chi connectivity index (χ1) is 11.5. The first kappa shape index (κ1) is 18.5. The quantitative estimate of drug-likeness (QED) is 0.699. The lowest BCUT2D eigenvalue weighted by Crippen LogP contribution is -2.37. The maximum atomic E-state index is 12.8. The van der Waals surface area contributed by atoms with E-state index in [9.17, 15) is 4.79 Å². The van der Waals surface area contributed by atoms with Crippen LogP contribution in [0.25, 0.3) is 0 Å². The van der Waals surface area contributed by atoms with E-state index in [1.165, 1.54) is 0 Å². The number of anilines is 1. The van der Waals surface area contributed by atoms with Gasteiger partial charge < -0.3 is 9.32 Å². The van der Waals surface area contributed by atoms with Crippen LogP contribution in [0.1, 0.15) is 57.4 Å². The van der Waals surface area contributed by atoms with Gasteiger partial charge in [0.05, 0.1) is 0 Å². The highest BCUT2D eigenvalue weighted by atomic mass is 35.5. The van der Waals surface area contributed by atoms with Gasteiger partial charge in [-0.2, -0.15) is 0 Å². The number of carbonyl (C=O) groups excluding carboxylic acids is 1. The SMILES string of the molecule is CCc1ccccc1N(Cc1nnc(C(C)C)o1)C(=O)C(Cl)CC. The number of nitrogens with zero attached hydrogens (tertiary/aromatic N) is 3. The van der Waals surface area contributed by atoms with Gasteiger partial charge in [-0.05, 0) is 24.5 Å². The number of carbonyl (C=O) groups is 1. The molecule has 0 aliphatic carbocycles. The van der Waals surface area contributed by atoms with Gasteiger partial charge >= 0.3 is 0 Å². The van der Waals surface area contributed by atoms with E-state index >= 15 is 0 Å². The van der Waals surface area contributed by atoms with Gasteiger partial charge in [0.15, 0.2) is 0 Å². The summed E-state index contributed by atoms with van der Waals surface area (Å²) in [5.74, 6) is 0.983. The highest BCUT2D eigenvalue weighted by Crippen LogP contribution is 2.25. The van der Waals surface area contributed by atoms with Crippen molar-refractivity contribution in [2.45, 2.75) is 58.4 Å². The van der Waals surface area contributed by atoms with Gasteiger partial charge in [0.2, 0.25) is 17.7 Å². The maximum absolute atomic E-state index is 12.8. The highest BCUT2D eigenvalue weighted by molar-refractivity contribution is 6.32. The summed E-state index contributed by atoms with van der Waals surface area (Å²) in [6, 6.07) is 7.82. The second-order valence-corrected chi connectivity index (χ2v) is 6.50. The van der Waals surface area contributed by atoms with Crippen molar-refractivity contribution in [3.05, 3.63) is 41.6 Å². The van der Waals surface area contributed by atoms with Crippen LogP contribution < -0.4 is 4.90 Å². The number of hydrogen-bond acceptors (Lipinski definition) is 4. The number of para-hydroxylation sites is 1. The van der Waals surface area contributed by atoms with Gasteiger partial charge in [0.25, 0.3) is 0 Å². The standard InChI is InChI=1S/C18H24ClN3O2/c1-5-13-9-7-8-10-15(13)22(18(23)14(19)6-2)11-16-20-21-17(24-16)12(3)4/h7-10,12,14H,5-6,11H2,1-4H3. The number of benzene rings is 1. The minimum absolute atomic E-state index is 0.148. The number of aryl methyl sites for hydroxylation is 1. The summed E-state index contributed by atoms with van der Waals surface area (Å²) in [4.78, 5) is 14.4. The molecule has 1 heterocycles. The molecule has 2 aromatic rings. The minimum Gasteiger partial charge on any atom is -0.423 e. The Balaban J connectivity index is 2.37. The molecule has 0 saturated heterocycles. The number of hydrogen-bond donors (Lipinski definition) is 0. The van der Waals surface area contributed by atoms with Crippen LogP contribution in [0.4, 0.5) is 5.69 Å². The van der Waals surface area contributed by atoms with Crippen molar-refractivity contribution >= 4 is 23.2 Å². The molecular formula is C18H24ClN3O2. The molecule has 0 aliphatic heterocycles. The molecule has 0 aliphatic rings. The lowest BCUT2D eigenvalue weighted by Gasteiger charge is -2.25. The van der Waals surface area contributed by atoms with Gasteiger partial charge in [-0.15, -0.1) is 21.8 Å². The van der Waals surface area contributed by atoms with Crippen molar-refractivity contribution in [2.75, 3.05) is 4.90 Å². The molecule has 130 valence electrons. The van der Waals surface area contributed by atoms with Crippen LogP contribution in [0.5, 0.6) is 0 Å². The van der Waals surface area contributed by atoms with Gasteiger partial charge in [-0.1, -0.05) is 45.9 Å². The van der Waals surface area contributed by atoms with E-state index in [-0.39, 0.29) is 18.4 Å². The molecule has 1 unspecified atom stereocenters. The van der Waals surface area contributed by atoms with Crippen molar-refractivity contribution in [1.82, 2.24) is 10.2 Å². The molecule has 2 rings (SSSR count). The normalized spacial score (nSPS) is 12.4. The number of aromatic nitrogens is 2. The Hall–Kier alpha value is -1.88. The van der Waals surface area contributed by atoms with E-state index in [1.807, 2.05) is 45.0 Å². The average molecular weight is 350 g/mol. The summed E-state index contributed by atoms with van der Waals surface area (Å²) in [6.07, 6.45) is 1.38. The number of halogens is 1. The molecule has 6 heteroatoms. The summed E-state index contributed by atoms with van der Waals surface area (Å²) in [7, 11) is 0. The van der Waals surface area contributed by atoms with E-state index in [2.05, 4.69) is 17.1 Å². The topological polar surface area (TPSA) is 59.2 Å². The first-order valence-corrected chi connectivity index (χ1v) is 8.77. The molecule has 0 spiro atoms. The predicted octanol–water partition coefficient (Wildman–Crippen LogP) is 4.31. The fourth-order valence-electron chi connectivity index (χ4n) is 2.40. The van der Waals surface area contributed by atoms with Gasteiger partial charge in [0, 0.05) is 11.6 Å². The van der Waals surface area contributed by atoms with Gasteiger partial charge in [-0.3, -0.25) is 4.79 Å². The Kier molecular flexibility index (Phi) is 6.37. The zero-order valence-corrected chi connectivity index (χ0v) is 15.4. The van der Waals surface area contributed by atoms with Crippen molar-refractivity contribution in [2.24, 2.45) is 0 Å². The first-order valence-electron chi connectivity index (χ1n) is 8.33. The average Bonchev–Trinajstić information content (AvgIpc) is 3.07. The fraction of sp³-hybridized carbons (Fsp3) is 0.500. The summed E-state index contributed by atoms with van der Waals surface area (Å²) in [5, 5.41) is 7.53. The molecule has 1 aromatic carbocycles. The molecule has 1 atom stereocenters. The van der Waals surface area contributed by atoms with Crippen molar-refractivity contribution < 1.29 is 9.21 Å². The van der Waals surface area contributed by atoms with E-state index in [1.54, 1.807) is 4.90 Å². The van der Waals surface area contributed by atoms with E-state index < -0.39 is 5.38 Å². The van der Waals surface area contributed by atoms with Crippen LogP contribution in [-0.4, -0.2) is 21.5 Å². The fourth-order valence-corrected chi connectivity index (χ4v) is 2.52. The number of amides is 1. The second-order valence-electron chi connectivity index (χ2n) is 5.97. The molecule has 24 heavy (non-hydrogen) atoms. The Morgan fingerprint density at radius 2 is 1.96 bits per heavy atom. The molecule has 1 aromatic heterocycles. The minimum atomic E-state index is -0.581. The highest BCUT2D eigenvalue weighted by Gasteiger charge is 2.26. The molecule has 0 fully saturated rings. The Morgan fingerprint density at radius 1 is 1.25 bits per heavy atom. The molecule has 1 amide bonds. The smallest absolute Gasteiger partial charge is 0.245 e. The summed E-state index contributed by atoms with van der Waals surface area (Å²) >= 11 is 6.22. The van der Waals surface area contributed by atoms with E-state index in [0.717, 1.165) is 17.7 Å². The van der Waals surface area contributed by atoms with Crippen LogP contribution in [0.3, 0.4) is 0 Å². The van der Waals surface area contributed by atoms with Crippen LogP contribution in [0, 0.1) is 0 Å². The number of rotatable bonds is 7. The van der Waals surface area contributed by atoms with Crippen LogP contribution in [-0.2, 0) is 17.8 Å². The van der Waals surface area contributed by atoms with Gasteiger partial charge in [-0.25, -0.2) is 0 Å².